The predicted octanol–water partition coefficient (Wildman–Crippen LogP) is 4.27. The SMILES string of the molecule is O=C1CCC(N2Cc3c(Cl)cc(C4(Nc5nnc(-c6ccc(C(F)(F)F)cc6)o5)CC4)cc3C2=O)C(=O)N1. The lowest BCUT2D eigenvalue weighted by atomic mass is 9.99. The van der Waals surface area contributed by atoms with E-state index >= 15 is 0 Å². The van der Waals surface area contributed by atoms with Crippen LogP contribution in [0.4, 0.5) is 19.2 Å². The molecule has 1 aromatic heterocycles. The van der Waals surface area contributed by atoms with Crippen molar-refractivity contribution in [3.8, 4) is 11.5 Å². The largest absolute Gasteiger partial charge is 0.416 e. The van der Waals surface area contributed by atoms with Crippen molar-refractivity contribution in [1.29, 1.82) is 0 Å². The van der Waals surface area contributed by atoms with Gasteiger partial charge in [-0.15, -0.1) is 5.10 Å². The van der Waals surface area contributed by atoms with Gasteiger partial charge in [-0.1, -0.05) is 16.7 Å². The number of hydrogen-bond donors (Lipinski definition) is 2. The molecule has 2 aliphatic heterocycles. The van der Waals surface area contributed by atoms with Crippen molar-refractivity contribution in [1.82, 2.24) is 20.4 Å². The van der Waals surface area contributed by atoms with Crippen molar-refractivity contribution in [3.05, 3.63) is 63.7 Å². The summed E-state index contributed by atoms with van der Waals surface area (Å²) in [7, 11) is 0. The number of imide groups is 1. The first-order chi connectivity index (χ1) is 18.0. The number of carbonyl (C=O) groups excluding carboxylic acids is 3. The van der Waals surface area contributed by atoms with Gasteiger partial charge in [-0.2, -0.15) is 13.2 Å². The predicted molar refractivity (Wildman–Crippen MR) is 127 cm³/mol. The van der Waals surface area contributed by atoms with Crippen molar-refractivity contribution >= 4 is 35.3 Å². The van der Waals surface area contributed by atoms with Crippen LogP contribution in [0.1, 0.15) is 52.7 Å². The normalized spacial score (nSPS) is 20.4. The molecule has 3 aromatic rings. The summed E-state index contributed by atoms with van der Waals surface area (Å²) in [6, 6.07) is 7.22. The molecular formula is C25H19ClF3N5O4. The van der Waals surface area contributed by atoms with Gasteiger partial charge in [0.25, 0.3) is 5.91 Å². The maximum atomic E-state index is 13.3. The van der Waals surface area contributed by atoms with E-state index in [1.165, 1.54) is 17.0 Å². The Bertz CT molecular complexity index is 1480. The monoisotopic (exact) mass is 545 g/mol. The Hall–Kier alpha value is -3.93. The second-order valence-electron chi connectivity index (χ2n) is 9.58. The van der Waals surface area contributed by atoms with Gasteiger partial charge < -0.3 is 14.6 Å². The molecule has 0 spiro atoms. The zero-order chi connectivity index (χ0) is 26.8. The highest BCUT2D eigenvalue weighted by Crippen LogP contribution is 2.50. The van der Waals surface area contributed by atoms with Crippen molar-refractivity contribution in [2.24, 2.45) is 0 Å². The van der Waals surface area contributed by atoms with Crippen LogP contribution in [-0.4, -0.2) is 38.9 Å². The van der Waals surface area contributed by atoms with E-state index in [2.05, 4.69) is 20.8 Å². The summed E-state index contributed by atoms with van der Waals surface area (Å²) < 4.78 is 44.2. The average Bonchev–Trinajstić information content (AvgIpc) is 3.37. The van der Waals surface area contributed by atoms with Crippen LogP contribution in [0.3, 0.4) is 0 Å². The van der Waals surface area contributed by atoms with E-state index in [9.17, 15) is 27.6 Å². The van der Waals surface area contributed by atoms with Crippen LogP contribution in [0.2, 0.25) is 5.02 Å². The van der Waals surface area contributed by atoms with Crippen LogP contribution in [0.5, 0.6) is 0 Å². The molecule has 0 bridgehead atoms. The molecule has 6 rings (SSSR count). The Balaban J connectivity index is 1.22. The zero-order valence-corrected chi connectivity index (χ0v) is 20.3. The number of rotatable bonds is 5. The molecule has 2 N–H and O–H groups in total. The summed E-state index contributed by atoms with van der Waals surface area (Å²) in [6.07, 6.45) is -2.67. The molecule has 2 aromatic carbocycles. The zero-order valence-electron chi connectivity index (χ0n) is 19.6. The maximum absolute atomic E-state index is 13.3. The van der Waals surface area contributed by atoms with E-state index in [-0.39, 0.29) is 43.1 Å². The van der Waals surface area contributed by atoms with E-state index in [0.717, 1.165) is 17.7 Å². The lowest BCUT2D eigenvalue weighted by molar-refractivity contribution is -0.138. The lowest BCUT2D eigenvalue weighted by Gasteiger charge is -2.29. The fourth-order valence-corrected chi connectivity index (χ4v) is 5.18. The Labute approximate surface area is 218 Å². The highest BCUT2D eigenvalue weighted by Gasteiger charge is 2.48. The first kappa shape index (κ1) is 24.4. The number of fused-ring (bicyclic) bond motifs is 1. The molecule has 2 fully saturated rings. The molecule has 9 nitrogen and oxygen atoms in total. The van der Waals surface area contributed by atoms with E-state index in [0.29, 0.717) is 34.6 Å². The van der Waals surface area contributed by atoms with Gasteiger partial charge in [-0.25, -0.2) is 0 Å². The fraction of sp³-hybridized carbons (Fsp3) is 0.320. The number of halogens is 4. The molecule has 1 atom stereocenters. The van der Waals surface area contributed by atoms with Crippen LogP contribution in [0, 0.1) is 0 Å². The van der Waals surface area contributed by atoms with Crippen molar-refractivity contribution in [2.75, 3.05) is 5.32 Å². The second-order valence-corrected chi connectivity index (χ2v) is 9.99. The van der Waals surface area contributed by atoms with Gasteiger partial charge in [0.15, 0.2) is 0 Å². The third-order valence-corrected chi connectivity index (χ3v) is 7.47. The summed E-state index contributed by atoms with van der Waals surface area (Å²) in [5.41, 5.74) is 0.669. The molecule has 1 aliphatic carbocycles. The summed E-state index contributed by atoms with van der Waals surface area (Å²) in [4.78, 5) is 38.5. The summed E-state index contributed by atoms with van der Waals surface area (Å²) in [6.45, 7) is 0.167. The van der Waals surface area contributed by atoms with Crippen LogP contribution in [0.15, 0.2) is 40.8 Å². The number of aromatic nitrogens is 2. The summed E-state index contributed by atoms with van der Waals surface area (Å²) >= 11 is 6.58. The third-order valence-electron chi connectivity index (χ3n) is 7.13. The van der Waals surface area contributed by atoms with E-state index in [1.54, 1.807) is 12.1 Å². The van der Waals surface area contributed by atoms with Crippen LogP contribution < -0.4 is 10.6 Å². The van der Waals surface area contributed by atoms with Gasteiger partial charge in [-0.3, -0.25) is 19.7 Å². The van der Waals surface area contributed by atoms with Gasteiger partial charge in [0.2, 0.25) is 17.7 Å². The third kappa shape index (κ3) is 4.18. The standard InChI is InChI=1S/C25H19ClF3N5O4/c26-17-10-14(9-15-16(17)11-34(22(15)37)18-5-6-19(35)30-20(18)36)24(7-8-24)31-23-33-32-21(38-23)12-1-3-13(4-2-12)25(27,28)29/h1-4,9-10,18H,5-8,11H2,(H,31,33)(H,30,35,36). The highest BCUT2D eigenvalue weighted by molar-refractivity contribution is 6.32. The summed E-state index contributed by atoms with van der Waals surface area (Å²) in [5.74, 6) is -1.14. The van der Waals surface area contributed by atoms with E-state index in [4.69, 9.17) is 16.0 Å². The maximum Gasteiger partial charge on any atom is 0.416 e. The van der Waals surface area contributed by atoms with Crippen molar-refractivity contribution < 1.29 is 32.0 Å². The number of nitrogens with zero attached hydrogens (tertiary/aromatic N) is 3. The quantitative estimate of drug-likeness (QED) is 0.460. The lowest BCUT2D eigenvalue weighted by Crippen LogP contribution is -2.52. The number of benzene rings is 2. The van der Waals surface area contributed by atoms with Crippen LogP contribution in [-0.2, 0) is 27.8 Å². The number of amides is 3. The first-order valence-electron chi connectivity index (χ1n) is 11.8. The van der Waals surface area contributed by atoms with E-state index < -0.39 is 29.2 Å². The van der Waals surface area contributed by atoms with Crippen LogP contribution in [0.25, 0.3) is 11.5 Å². The van der Waals surface area contributed by atoms with Crippen LogP contribution >= 0.6 is 11.6 Å². The van der Waals surface area contributed by atoms with Gasteiger partial charge in [-0.05, 0) is 61.2 Å². The number of piperidine rings is 1. The second kappa shape index (κ2) is 8.55. The molecule has 13 heteroatoms. The van der Waals surface area contributed by atoms with Gasteiger partial charge in [0.05, 0.1) is 11.1 Å². The molecule has 1 saturated carbocycles. The minimum Gasteiger partial charge on any atom is -0.403 e. The number of anilines is 1. The van der Waals surface area contributed by atoms with Gasteiger partial charge in [0, 0.05) is 34.7 Å². The smallest absolute Gasteiger partial charge is 0.403 e. The van der Waals surface area contributed by atoms with Crippen molar-refractivity contribution in [3.63, 3.8) is 0 Å². The minimum absolute atomic E-state index is 0.0547. The molecule has 38 heavy (non-hydrogen) atoms. The minimum atomic E-state index is -4.45. The topological polar surface area (TPSA) is 117 Å². The molecule has 1 saturated heterocycles. The van der Waals surface area contributed by atoms with Gasteiger partial charge in [0.1, 0.15) is 6.04 Å². The molecule has 3 heterocycles. The fourth-order valence-electron chi connectivity index (χ4n) is 4.90. The Morgan fingerprint density at radius 1 is 1.11 bits per heavy atom. The highest BCUT2D eigenvalue weighted by atomic mass is 35.5. The number of hydrogen-bond acceptors (Lipinski definition) is 7. The average molecular weight is 546 g/mol. The number of alkyl halides is 3. The first-order valence-corrected chi connectivity index (χ1v) is 12.2. The summed E-state index contributed by atoms with van der Waals surface area (Å²) in [5, 5.41) is 13.8. The van der Waals surface area contributed by atoms with E-state index in [1.807, 2.05) is 0 Å². The number of nitrogens with one attached hydrogen (secondary N) is 2. The number of carbonyl (C=O) groups is 3. The Morgan fingerprint density at radius 3 is 2.50 bits per heavy atom. The molecule has 1 unspecified atom stereocenters. The Kier molecular flexibility index (Phi) is 5.49. The van der Waals surface area contributed by atoms with Crippen molar-refractivity contribution in [2.45, 2.75) is 50.0 Å². The molecule has 3 aliphatic rings. The molecule has 196 valence electrons. The van der Waals surface area contributed by atoms with Gasteiger partial charge >= 0.3 is 12.2 Å². The molecular weight excluding hydrogens is 527 g/mol. The molecule has 3 amide bonds. The molecule has 0 radical (unpaired) electrons. The Morgan fingerprint density at radius 2 is 1.84 bits per heavy atom.